The summed E-state index contributed by atoms with van der Waals surface area (Å²) in [6.07, 6.45) is 1.78. The highest BCUT2D eigenvalue weighted by atomic mass is 16.5. The van der Waals surface area contributed by atoms with E-state index in [-0.39, 0.29) is 24.5 Å². The zero-order valence-electron chi connectivity index (χ0n) is 20.9. The van der Waals surface area contributed by atoms with E-state index in [1.807, 2.05) is 67.6 Å². The third kappa shape index (κ3) is 5.43. The molecule has 0 unspecified atom stereocenters. The zero-order chi connectivity index (χ0) is 25.9. The van der Waals surface area contributed by atoms with Crippen molar-refractivity contribution >= 4 is 23.3 Å². The first-order valence-electron chi connectivity index (χ1n) is 12.4. The van der Waals surface area contributed by atoms with Gasteiger partial charge in [-0.1, -0.05) is 36.4 Å². The summed E-state index contributed by atoms with van der Waals surface area (Å²) in [5, 5.41) is 15.5. The molecule has 4 N–H and O–H groups in total. The molecular weight excluding hydrogens is 466 g/mol. The highest BCUT2D eigenvalue weighted by Gasteiger charge is 2.27. The van der Waals surface area contributed by atoms with Crippen LogP contribution in [0.25, 0.3) is 11.1 Å². The molecule has 0 aliphatic carbocycles. The SMILES string of the molecule is CC(=N)N1CCC(Oc2ccc3c(c2)N(Cc2cccc(-c4cccc(C(=N)N)c4)c2)C(=O)CO3)CC1. The van der Waals surface area contributed by atoms with E-state index in [0.29, 0.717) is 35.1 Å². The van der Waals surface area contributed by atoms with Crippen LogP contribution in [0.3, 0.4) is 0 Å². The number of fused-ring (bicyclic) bond motifs is 1. The first-order valence-corrected chi connectivity index (χ1v) is 12.4. The van der Waals surface area contributed by atoms with E-state index in [1.165, 1.54) is 0 Å². The predicted molar refractivity (Wildman–Crippen MR) is 145 cm³/mol. The summed E-state index contributed by atoms with van der Waals surface area (Å²) in [5.41, 5.74) is 9.97. The van der Waals surface area contributed by atoms with Gasteiger partial charge in [0.15, 0.2) is 6.61 Å². The van der Waals surface area contributed by atoms with Crippen LogP contribution < -0.4 is 20.1 Å². The molecule has 8 nitrogen and oxygen atoms in total. The van der Waals surface area contributed by atoms with Gasteiger partial charge in [-0.2, -0.15) is 0 Å². The predicted octanol–water partition coefficient (Wildman–Crippen LogP) is 4.40. The number of nitrogens with one attached hydrogen (secondary N) is 2. The molecule has 5 rings (SSSR count). The molecule has 3 aromatic rings. The maximum atomic E-state index is 12.9. The van der Waals surface area contributed by atoms with Crippen molar-refractivity contribution in [2.45, 2.75) is 32.4 Å². The molecule has 0 atom stereocenters. The lowest BCUT2D eigenvalue weighted by molar-refractivity contribution is -0.121. The van der Waals surface area contributed by atoms with Crippen LogP contribution in [-0.2, 0) is 11.3 Å². The van der Waals surface area contributed by atoms with Crippen LogP contribution in [0.1, 0.15) is 30.9 Å². The van der Waals surface area contributed by atoms with Crippen LogP contribution in [0.2, 0.25) is 0 Å². The van der Waals surface area contributed by atoms with Crippen LogP contribution >= 0.6 is 0 Å². The van der Waals surface area contributed by atoms with Crippen molar-refractivity contribution in [3.63, 3.8) is 0 Å². The molecule has 3 aromatic carbocycles. The molecule has 1 fully saturated rings. The number of piperidine rings is 1. The van der Waals surface area contributed by atoms with Crippen molar-refractivity contribution in [1.82, 2.24) is 4.90 Å². The number of nitrogen functional groups attached to an aromatic ring is 1. The fourth-order valence-electron chi connectivity index (χ4n) is 4.83. The van der Waals surface area contributed by atoms with E-state index in [2.05, 4.69) is 11.0 Å². The Morgan fingerprint density at radius 1 is 1.03 bits per heavy atom. The van der Waals surface area contributed by atoms with Crippen LogP contribution in [0.15, 0.2) is 66.7 Å². The Hall–Kier alpha value is -4.33. The molecule has 37 heavy (non-hydrogen) atoms. The molecule has 1 saturated heterocycles. The number of benzene rings is 3. The summed E-state index contributed by atoms with van der Waals surface area (Å²) in [7, 11) is 0. The highest BCUT2D eigenvalue weighted by molar-refractivity contribution is 5.98. The van der Waals surface area contributed by atoms with Crippen LogP contribution in [-0.4, -0.2) is 48.3 Å². The lowest BCUT2D eigenvalue weighted by Gasteiger charge is -2.33. The summed E-state index contributed by atoms with van der Waals surface area (Å²) in [6, 6.07) is 21.3. The maximum absolute atomic E-state index is 12.9. The molecule has 1 amide bonds. The van der Waals surface area contributed by atoms with Gasteiger partial charge in [0.25, 0.3) is 5.91 Å². The minimum Gasteiger partial charge on any atom is -0.490 e. The first-order chi connectivity index (χ1) is 17.9. The summed E-state index contributed by atoms with van der Waals surface area (Å²) in [5.74, 6) is 1.88. The van der Waals surface area contributed by atoms with Crippen LogP contribution in [0, 0.1) is 10.8 Å². The second-order valence-corrected chi connectivity index (χ2v) is 9.48. The summed E-state index contributed by atoms with van der Waals surface area (Å²) < 4.78 is 12.0. The standard InChI is InChI=1S/C29H31N5O3/c1-19(30)33-12-10-24(11-13-33)37-25-8-9-27-26(16-25)34(28(35)18-36-27)17-20-4-2-5-21(14-20)22-6-3-7-23(15-22)29(31)32/h2-9,14-16,24,30H,10-13,17-18H2,1H3,(H3,31,32). The van der Waals surface area contributed by atoms with Gasteiger partial charge in [-0.3, -0.25) is 15.6 Å². The molecule has 0 radical (unpaired) electrons. The molecule has 0 saturated carbocycles. The van der Waals surface area contributed by atoms with Gasteiger partial charge in [-0.25, -0.2) is 0 Å². The second kappa shape index (κ2) is 10.3. The van der Waals surface area contributed by atoms with Crippen molar-refractivity contribution in [2.24, 2.45) is 5.73 Å². The molecule has 0 aromatic heterocycles. The lowest BCUT2D eigenvalue weighted by atomic mass is 10.0. The van der Waals surface area contributed by atoms with Crippen molar-refractivity contribution < 1.29 is 14.3 Å². The molecule has 2 heterocycles. The number of anilines is 1. The normalized spacial score (nSPS) is 15.6. The molecule has 190 valence electrons. The van der Waals surface area contributed by atoms with Crippen LogP contribution in [0.4, 0.5) is 5.69 Å². The largest absolute Gasteiger partial charge is 0.490 e. The Bertz CT molecular complexity index is 1350. The van der Waals surface area contributed by atoms with Gasteiger partial charge in [-0.05, 0) is 47.9 Å². The molecule has 2 aliphatic heterocycles. The van der Waals surface area contributed by atoms with Gasteiger partial charge < -0.3 is 25.0 Å². The Morgan fingerprint density at radius 2 is 1.76 bits per heavy atom. The number of amidine groups is 2. The quantitative estimate of drug-likeness (QED) is 0.345. The monoisotopic (exact) mass is 497 g/mol. The molecule has 2 aliphatic rings. The number of carbonyl (C=O) groups excluding carboxylic acids is 1. The minimum absolute atomic E-state index is 0.00497. The number of amides is 1. The van der Waals surface area contributed by atoms with Crippen molar-refractivity contribution in [3.05, 3.63) is 77.9 Å². The topological polar surface area (TPSA) is 116 Å². The smallest absolute Gasteiger partial charge is 0.265 e. The van der Waals surface area contributed by atoms with Crippen molar-refractivity contribution in [3.8, 4) is 22.6 Å². The van der Waals surface area contributed by atoms with E-state index in [4.69, 9.17) is 26.0 Å². The van der Waals surface area contributed by atoms with Crippen molar-refractivity contribution in [2.75, 3.05) is 24.6 Å². The fourth-order valence-corrected chi connectivity index (χ4v) is 4.83. The summed E-state index contributed by atoms with van der Waals surface area (Å²) >= 11 is 0. The van der Waals surface area contributed by atoms with E-state index in [1.54, 1.807) is 4.90 Å². The average Bonchev–Trinajstić information content (AvgIpc) is 2.91. The Morgan fingerprint density at radius 3 is 2.49 bits per heavy atom. The Kier molecular flexibility index (Phi) is 6.81. The Balaban J connectivity index is 1.35. The van der Waals surface area contributed by atoms with Gasteiger partial charge in [0.05, 0.1) is 18.1 Å². The van der Waals surface area contributed by atoms with Crippen LogP contribution in [0.5, 0.6) is 11.5 Å². The maximum Gasteiger partial charge on any atom is 0.265 e. The number of likely N-dealkylation sites (tertiary alicyclic amines) is 1. The third-order valence-corrected chi connectivity index (χ3v) is 6.87. The van der Waals surface area contributed by atoms with E-state index in [9.17, 15) is 4.79 Å². The lowest BCUT2D eigenvalue weighted by Crippen LogP contribution is -2.40. The van der Waals surface area contributed by atoms with Crippen molar-refractivity contribution in [1.29, 1.82) is 10.8 Å². The number of rotatable bonds is 6. The number of carbonyl (C=O) groups is 1. The van der Waals surface area contributed by atoms with E-state index >= 15 is 0 Å². The van der Waals surface area contributed by atoms with Gasteiger partial charge in [0.1, 0.15) is 23.4 Å². The summed E-state index contributed by atoms with van der Waals surface area (Å²) in [4.78, 5) is 16.7. The fraction of sp³-hybridized carbons (Fsp3) is 0.276. The van der Waals surface area contributed by atoms with E-state index in [0.717, 1.165) is 42.6 Å². The molecule has 8 heteroatoms. The van der Waals surface area contributed by atoms with Gasteiger partial charge >= 0.3 is 0 Å². The van der Waals surface area contributed by atoms with Gasteiger partial charge in [0, 0.05) is 37.6 Å². The van der Waals surface area contributed by atoms with E-state index < -0.39 is 0 Å². The highest BCUT2D eigenvalue weighted by Crippen LogP contribution is 2.37. The molecule has 0 spiro atoms. The summed E-state index contributed by atoms with van der Waals surface area (Å²) in [6.45, 7) is 3.83. The number of nitrogens with two attached hydrogens (primary N) is 1. The first kappa shape index (κ1) is 24.4. The Labute approximate surface area is 216 Å². The van der Waals surface area contributed by atoms with Gasteiger partial charge in [-0.15, -0.1) is 0 Å². The number of hydrogen-bond donors (Lipinski definition) is 3. The zero-order valence-corrected chi connectivity index (χ0v) is 20.9. The number of hydrogen-bond acceptors (Lipinski definition) is 5. The molecule has 0 bridgehead atoms. The number of ether oxygens (including phenoxy) is 2. The van der Waals surface area contributed by atoms with Gasteiger partial charge in [0.2, 0.25) is 0 Å². The average molecular weight is 498 g/mol. The number of nitrogens with zero attached hydrogens (tertiary/aromatic N) is 2. The minimum atomic E-state index is -0.108. The molecular formula is C29H31N5O3. The second-order valence-electron chi connectivity index (χ2n) is 9.48. The third-order valence-electron chi connectivity index (χ3n) is 6.87.